The molecule has 0 radical (unpaired) electrons. The van der Waals surface area contributed by atoms with Crippen LogP contribution in [0.25, 0.3) is 0 Å². The zero-order chi connectivity index (χ0) is 21.6. The minimum atomic E-state index is -0.965. The van der Waals surface area contributed by atoms with Crippen LogP contribution >= 0.6 is 0 Å². The molecule has 3 atom stereocenters. The maximum atomic E-state index is 14.3. The van der Waals surface area contributed by atoms with Crippen LogP contribution in [0.3, 0.4) is 0 Å². The van der Waals surface area contributed by atoms with E-state index < -0.39 is 35.4 Å². The Balaban J connectivity index is 1.70. The van der Waals surface area contributed by atoms with Crippen LogP contribution in [0, 0.1) is 29.4 Å². The number of allylic oxidation sites excluding steroid dienone is 2. The van der Waals surface area contributed by atoms with Crippen LogP contribution in [-0.4, -0.2) is 35.2 Å². The van der Waals surface area contributed by atoms with Crippen molar-refractivity contribution in [3.63, 3.8) is 0 Å². The molecule has 1 aliphatic carbocycles. The molecule has 1 saturated heterocycles. The van der Waals surface area contributed by atoms with E-state index in [1.807, 2.05) is 26.0 Å². The molecule has 0 saturated carbocycles. The quantitative estimate of drug-likeness (QED) is 0.557. The highest BCUT2D eigenvalue weighted by atomic mass is 19.1. The molecule has 3 aliphatic rings. The normalized spacial score (nSPS) is 24.3. The summed E-state index contributed by atoms with van der Waals surface area (Å²) in [5, 5.41) is 0. The first-order valence-electron chi connectivity index (χ1n) is 10.6. The molecule has 2 heterocycles. The fourth-order valence-electron chi connectivity index (χ4n) is 4.92. The van der Waals surface area contributed by atoms with Gasteiger partial charge in [-0.3, -0.25) is 19.3 Å². The molecule has 7 heteroatoms. The number of likely N-dealkylation sites (tertiary alicyclic amines) is 1. The second kappa shape index (κ2) is 7.93. The SMILES string of the molecule is CC(C)CC(C(=O)N1CCCc2c(F)cc(F)cc21)N1C(=O)C2CC=CCC2C1=O. The van der Waals surface area contributed by atoms with Gasteiger partial charge in [0, 0.05) is 18.2 Å². The Labute approximate surface area is 174 Å². The van der Waals surface area contributed by atoms with Crippen LogP contribution < -0.4 is 4.90 Å². The lowest BCUT2D eigenvalue weighted by Gasteiger charge is -2.35. The summed E-state index contributed by atoms with van der Waals surface area (Å²) in [5.41, 5.74) is 0.506. The first-order valence-corrected chi connectivity index (χ1v) is 10.6. The van der Waals surface area contributed by atoms with Gasteiger partial charge in [-0.2, -0.15) is 0 Å². The standard InChI is InChI=1S/C23H26F2N2O3/c1-13(2)10-20(27-21(28)15-6-3-4-7-16(15)22(27)29)23(30)26-9-5-8-17-18(25)11-14(24)12-19(17)26/h3-4,11-13,15-16,20H,5-10H2,1-2H3. The van der Waals surface area contributed by atoms with Crippen LogP contribution in [0.15, 0.2) is 24.3 Å². The zero-order valence-corrected chi connectivity index (χ0v) is 17.2. The lowest BCUT2D eigenvalue weighted by Crippen LogP contribution is -2.53. The number of hydrogen-bond acceptors (Lipinski definition) is 3. The second-order valence-corrected chi connectivity index (χ2v) is 8.83. The Kier molecular flexibility index (Phi) is 5.47. The van der Waals surface area contributed by atoms with E-state index in [1.165, 1.54) is 11.0 Å². The highest BCUT2D eigenvalue weighted by molar-refractivity contribution is 6.10. The van der Waals surface area contributed by atoms with E-state index in [0.717, 1.165) is 11.0 Å². The van der Waals surface area contributed by atoms with Crippen molar-refractivity contribution in [2.75, 3.05) is 11.4 Å². The minimum absolute atomic E-state index is 0.0498. The molecule has 3 amide bonds. The summed E-state index contributed by atoms with van der Waals surface area (Å²) in [7, 11) is 0. The van der Waals surface area contributed by atoms with Gasteiger partial charge in [0.05, 0.1) is 17.5 Å². The van der Waals surface area contributed by atoms with E-state index in [-0.39, 0.29) is 23.4 Å². The lowest BCUT2D eigenvalue weighted by atomic mass is 9.85. The number of benzene rings is 1. The lowest BCUT2D eigenvalue weighted by molar-refractivity contribution is -0.147. The Bertz CT molecular complexity index is 901. The van der Waals surface area contributed by atoms with Crippen molar-refractivity contribution in [2.45, 2.75) is 52.0 Å². The van der Waals surface area contributed by atoms with Crippen molar-refractivity contribution < 1.29 is 23.2 Å². The topological polar surface area (TPSA) is 57.7 Å². The van der Waals surface area contributed by atoms with Gasteiger partial charge in [0.15, 0.2) is 0 Å². The summed E-state index contributed by atoms with van der Waals surface area (Å²) in [4.78, 5) is 42.3. The van der Waals surface area contributed by atoms with Crippen molar-refractivity contribution in [3.8, 4) is 0 Å². The Morgan fingerprint density at radius 2 is 1.73 bits per heavy atom. The van der Waals surface area contributed by atoms with Crippen LogP contribution in [0.2, 0.25) is 0 Å². The molecule has 1 aromatic carbocycles. The predicted molar refractivity (Wildman–Crippen MR) is 107 cm³/mol. The van der Waals surface area contributed by atoms with Gasteiger partial charge in [0.2, 0.25) is 17.7 Å². The molecule has 160 valence electrons. The summed E-state index contributed by atoms with van der Waals surface area (Å²) < 4.78 is 28.2. The van der Waals surface area contributed by atoms with E-state index >= 15 is 0 Å². The van der Waals surface area contributed by atoms with E-state index in [9.17, 15) is 23.2 Å². The maximum absolute atomic E-state index is 14.3. The van der Waals surface area contributed by atoms with Gasteiger partial charge in [-0.05, 0) is 44.1 Å². The summed E-state index contributed by atoms with van der Waals surface area (Å²) in [6, 6.07) is 1.02. The van der Waals surface area contributed by atoms with E-state index in [1.54, 1.807) is 0 Å². The minimum Gasteiger partial charge on any atom is -0.310 e. The molecule has 30 heavy (non-hydrogen) atoms. The first-order chi connectivity index (χ1) is 14.3. The van der Waals surface area contributed by atoms with Gasteiger partial charge in [-0.25, -0.2) is 8.78 Å². The zero-order valence-electron chi connectivity index (χ0n) is 17.2. The number of rotatable bonds is 4. The fraction of sp³-hybridized carbons (Fsp3) is 0.522. The van der Waals surface area contributed by atoms with Crippen LogP contribution in [0.4, 0.5) is 14.5 Å². The molecule has 2 aliphatic heterocycles. The highest BCUT2D eigenvalue weighted by Crippen LogP contribution is 2.38. The van der Waals surface area contributed by atoms with E-state index in [2.05, 4.69) is 0 Å². The third-order valence-corrected chi connectivity index (χ3v) is 6.34. The van der Waals surface area contributed by atoms with Crippen LogP contribution in [0.1, 0.15) is 45.1 Å². The van der Waals surface area contributed by atoms with E-state index in [4.69, 9.17) is 0 Å². The predicted octanol–water partition coefficient (Wildman–Crippen LogP) is 3.61. The number of imide groups is 1. The second-order valence-electron chi connectivity index (χ2n) is 8.83. The van der Waals surface area contributed by atoms with Crippen molar-refractivity contribution in [3.05, 3.63) is 41.5 Å². The fourth-order valence-corrected chi connectivity index (χ4v) is 4.92. The van der Waals surface area contributed by atoms with Crippen molar-refractivity contribution in [1.82, 2.24) is 4.90 Å². The van der Waals surface area contributed by atoms with Crippen LogP contribution in [0.5, 0.6) is 0 Å². The highest BCUT2D eigenvalue weighted by Gasteiger charge is 2.52. The summed E-state index contributed by atoms with van der Waals surface area (Å²) in [6.07, 6.45) is 6.06. The average molecular weight is 416 g/mol. The molecule has 0 bridgehead atoms. The molecule has 5 nitrogen and oxygen atoms in total. The number of hydrogen-bond donors (Lipinski definition) is 0. The molecule has 1 fully saturated rings. The summed E-state index contributed by atoms with van der Waals surface area (Å²) >= 11 is 0. The molecule has 4 rings (SSSR count). The molecular weight excluding hydrogens is 390 g/mol. The Hall–Kier alpha value is -2.57. The number of anilines is 1. The van der Waals surface area contributed by atoms with Gasteiger partial charge in [0.1, 0.15) is 17.7 Å². The van der Waals surface area contributed by atoms with Gasteiger partial charge >= 0.3 is 0 Å². The first kappa shape index (κ1) is 20.7. The van der Waals surface area contributed by atoms with Gasteiger partial charge in [-0.1, -0.05) is 26.0 Å². The third-order valence-electron chi connectivity index (χ3n) is 6.34. The molecule has 0 spiro atoms. The van der Waals surface area contributed by atoms with Crippen molar-refractivity contribution >= 4 is 23.4 Å². The Morgan fingerprint density at radius 3 is 2.33 bits per heavy atom. The number of halogens is 2. The van der Waals surface area contributed by atoms with Crippen LogP contribution in [-0.2, 0) is 20.8 Å². The molecular formula is C23H26F2N2O3. The third kappa shape index (κ3) is 3.44. The Morgan fingerprint density at radius 1 is 1.10 bits per heavy atom. The molecule has 1 aromatic rings. The monoisotopic (exact) mass is 416 g/mol. The smallest absolute Gasteiger partial charge is 0.250 e. The van der Waals surface area contributed by atoms with Crippen molar-refractivity contribution in [2.24, 2.45) is 17.8 Å². The molecule has 0 N–H and O–H groups in total. The van der Waals surface area contributed by atoms with Gasteiger partial charge in [0.25, 0.3) is 0 Å². The number of carbonyl (C=O) groups excluding carboxylic acids is 3. The number of amides is 3. The summed E-state index contributed by atoms with van der Waals surface area (Å²) in [5.74, 6) is -3.28. The maximum Gasteiger partial charge on any atom is 0.250 e. The molecule has 3 unspecified atom stereocenters. The average Bonchev–Trinajstić information content (AvgIpc) is 2.96. The summed E-state index contributed by atoms with van der Waals surface area (Å²) in [6.45, 7) is 4.14. The number of nitrogens with zero attached hydrogens (tertiary/aromatic N) is 2. The van der Waals surface area contributed by atoms with Crippen molar-refractivity contribution in [1.29, 1.82) is 0 Å². The largest absolute Gasteiger partial charge is 0.310 e. The number of carbonyl (C=O) groups is 3. The number of fused-ring (bicyclic) bond motifs is 2. The van der Waals surface area contributed by atoms with Gasteiger partial charge < -0.3 is 4.90 Å². The molecule has 0 aromatic heterocycles. The van der Waals surface area contributed by atoms with E-state index in [0.29, 0.717) is 44.2 Å². The van der Waals surface area contributed by atoms with Gasteiger partial charge in [-0.15, -0.1) is 0 Å².